The van der Waals surface area contributed by atoms with Crippen LogP contribution in [0.5, 0.6) is 0 Å². The standard InChI is InChI=1S/C22H28FN3O2/c1-28-17-16-25-12-14-26(15-13-25)21-9-7-20(8-10-21)24-22(27)11-4-18-2-5-19(23)6-3-18/h2-3,5-10H,4,11-17H2,1H3,(H,24,27). The zero-order valence-corrected chi connectivity index (χ0v) is 16.4. The maximum absolute atomic E-state index is 12.9. The summed E-state index contributed by atoms with van der Waals surface area (Å²) in [5.74, 6) is -0.298. The molecule has 0 spiro atoms. The van der Waals surface area contributed by atoms with Gasteiger partial charge in [0.25, 0.3) is 0 Å². The minimum absolute atomic E-state index is 0.0381. The smallest absolute Gasteiger partial charge is 0.224 e. The van der Waals surface area contributed by atoms with Gasteiger partial charge in [-0.25, -0.2) is 4.39 Å². The topological polar surface area (TPSA) is 44.8 Å². The lowest BCUT2D eigenvalue weighted by atomic mass is 10.1. The minimum Gasteiger partial charge on any atom is -0.383 e. The van der Waals surface area contributed by atoms with Gasteiger partial charge in [0.05, 0.1) is 6.61 Å². The first-order valence-electron chi connectivity index (χ1n) is 9.74. The number of hydrogen-bond donors (Lipinski definition) is 1. The van der Waals surface area contributed by atoms with Gasteiger partial charge < -0.3 is 15.0 Å². The van der Waals surface area contributed by atoms with Crippen LogP contribution < -0.4 is 10.2 Å². The Kier molecular flexibility index (Phi) is 7.39. The zero-order valence-electron chi connectivity index (χ0n) is 16.4. The second kappa shape index (κ2) is 10.2. The number of benzene rings is 2. The van der Waals surface area contributed by atoms with Crippen molar-refractivity contribution in [3.8, 4) is 0 Å². The van der Waals surface area contributed by atoms with Gasteiger partial charge >= 0.3 is 0 Å². The van der Waals surface area contributed by atoms with Gasteiger partial charge in [-0.15, -0.1) is 0 Å². The third-order valence-electron chi connectivity index (χ3n) is 5.05. The van der Waals surface area contributed by atoms with Gasteiger partial charge in [-0.2, -0.15) is 0 Å². The molecule has 1 saturated heterocycles. The third-order valence-corrected chi connectivity index (χ3v) is 5.05. The van der Waals surface area contributed by atoms with Crippen molar-refractivity contribution >= 4 is 17.3 Å². The Morgan fingerprint density at radius 3 is 2.36 bits per heavy atom. The molecule has 0 radical (unpaired) electrons. The number of carbonyl (C=O) groups is 1. The maximum Gasteiger partial charge on any atom is 0.224 e. The number of carbonyl (C=O) groups excluding carboxylic acids is 1. The summed E-state index contributed by atoms with van der Waals surface area (Å²) in [4.78, 5) is 16.9. The van der Waals surface area contributed by atoms with E-state index in [0.717, 1.165) is 50.6 Å². The van der Waals surface area contributed by atoms with Crippen LogP contribution in [-0.4, -0.2) is 57.2 Å². The molecule has 150 valence electrons. The van der Waals surface area contributed by atoms with Crippen LogP contribution in [0.2, 0.25) is 0 Å². The second-order valence-electron chi connectivity index (χ2n) is 7.04. The molecule has 6 heteroatoms. The summed E-state index contributed by atoms with van der Waals surface area (Å²) in [6, 6.07) is 14.3. The van der Waals surface area contributed by atoms with Crippen LogP contribution in [0.1, 0.15) is 12.0 Å². The molecule has 1 heterocycles. The van der Waals surface area contributed by atoms with Crippen molar-refractivity contribution in [2.24, 2.45) is 0 Å². The number of aryl methyl sites for hydroxylation is 1. The number of halogens is 1. The Morgan fingerprint density at radius 2 is 1.71 bits per heavy atom. The summed E-state index contributed by atoms with van der Waals surface area (Å²) in [7, 11) is 1.74. The fourth-order valence-corrected chi connectivity index (χ4v) is 3.34. The van der Waals surface area contributed by atoms with Crippen LogP contribution in [0.3, 0.4) is 0 Å². The van der Waals surface area contributed by atoms with E-state index in [0.29, 0.717) is 12.8 Å². The molecule has 0 unspecified atom stereocenters. The molecule has 0 atom stereocenters. The predicted molar refractivity (Wildman–Crippen MR) is 110 cm³/mol. The average molecular weight is 385 g/mol. The van der Waals surface area contributed by atoms with Crippen LogP contribution in [-0.2, 0) is 16.0 Å². The number of amides is 1. The normalized spacial score (nSPS) is 14.9. The lowest BCUT2D eigenvalue weighted by Crippen LogP contribution is -2.47. The first kappa shape index (κ1) is 20.3. The Morgan fingerprint density at radius 1 is 1.04 bits per heavy atom. The van der Waals surface area contributed by atoms with Crippen molar-refractivity contribution in [1.29, 1.82) is 0 Å². The van der Waals surface area contributed by atoms with Crippen molar-refractivity contribution in [2.45, 2.75) is 12.8 Å². The van der Waals surface area contributed by atoms with E-state index in [1.165, 1.54) is 17.8 Å². The van der Waals surface area contributed by atoms with E-state index in [-0.39, 0.29) is 11.7 Å². The molecule has 1 aliphatic heterocycles. The molecule has 28 heavy (non-hydrogen) atoms. The second-order valence-corrected chi connectivity index (χ2v) is 7.04. The van der Waals surface area contributed by atoms with Crippen molar-refractivity contribution < 1.29 is 13.9 Å². The Bertz CT molecular complexity index is 741. The first-order valence-corrected chi connectivity index (χ1v) is 9.74. The van der Waals surface area contributed by atoms with E-state index in [2.05, 4.69) is 27.2 Å². The van der Waals surface area contributed by atoms with Crippen LogP contribution in [0.15, 0.2) is 48.5 Å². The van der Waals surface area contributed by atoms with Gasteiger partial charge in [-0.05, 0) is 48.4 Å². The highest BCUT2D eigenvalue weighted by Crippen LogP contribution is 2.20. The number of nitrogens with zero attached hydrogens (tertiary/aromatic N) is 2. The van der Waals surface area contributed by atoms with Gasteiger partial charge in [0.2, 0.25) is 5.91 Å². The number of anilines is 2. The number of piperazine rings is 1. The summed E-state index contributed by atoms with van der Waals surface area (Å²) < 4.78 is 18.1. The lowest BCUT2D eigenvalue weighted by Gasteiger charge is -2.36. The SMILES string of the molecule is COCCN1CCN(c2ccc(NC(=O)CCc3ccc(F)cc3)cc2)CC1. The summed E-state index contributed by atoms with van der Waals surface area (Å²) in [6.45, 7) is 5.80. The molecule has 0 saturated carbocycles. The molecule has 3 rings (SSSR count). The monoisotopic (exact) mass is 385 g/mol. The summed E-state index contributed by atoms with van der Waals surface area (Å²) in [5, 5.41) is 2.93. The van der Waals surface area contributed by atoms with Crippen LogP contribution in [0.4, 0.5) is 15.8 Å². The molecule has 0 aliphatic carbocycles. The summed E-state index contributed by atoms with van der Waals surface area (Å²) in [5.41, 5.74) is 2.93. The van der Waals surface area contributed by atoms with Crippen LogP contribution in [0.25, 0.3) is 0 Å². The number of hydrogen-bond acceptors (Lipinski definition) is 4. The zero-order chi connectivity index (χ0) is 19.8. The van der Waals surface area contributed by atoms with Gasteiger partial charge in [0.15, 0.2) is 0 Å². The van der Waals surface area contributed by atoms with Crippen LogP contribution in [0, 0.1) is 5.82 Å². The molecule has 1 aliphatic rings. The molecular weight excluding hydrogens is 357 g/mol. The van der Waals surface area contributed by atoms with Crippen molar-refractivity contribution in [1.82, 2.24) is 4.90 Å². The van der Waals surface area contributed by atoms with Crippen molar-refractivity contribution in [2.75, 3.05) is 56.7 Å². The van der Waals surface area contributed by atoms with Crippen LogP contribution >= 0.6 is 0 Å². The van der Waals surface area contributed by atoms with E-state index in [9.17, 15) is 9.18 Å². The molecule has 5 nitrogen and oxygen atoms in total. The molecular formula is C22H28FN3O2. The van der Waals surface area contributed by atoms with E-state index in [4.69, 9.17) is 4.74 Å². The Balaban J connectivity index is 1.44. The van der Waals surface area contributed by atoms with Gasteiger partial charge in [-0.3, -0.25) is 9.69 Å². The minimum atomic E-state index is -0.260. The highest BCUT2D eigenvalue weighted by molar-refractivity contribution is 5.91. The Hall–Kier alpha value is -2.44. The summed E-state index contributed by atoms with van der Waals surface area (Å²) >= 11 is 0. The fourth-order valence-electron chi connectivity index (χ4n) is 3.34. The van der Waals surface area contributed by atoms with Gasteiger partial charge in [0, 0.05) is 57.6 Å². The molecule has 2 aromatic carbocycles. The van der Waals surface area contributed by atoms with Gasteiger partial charge in [0.1, 0.15) is 5.82 Å². The maximum atomic E-state index is 12.9. The molecule has 2 aromatic rings. The predicted octanol–water partition coefficient (Wildman–Crippen LogP) is 3.17. The van der Waals surface area contributed by atoms with Crippen molar-refractivity contribution in [3.05, 3.63) is 59.9 Å². The molecule has 0 bridgehead atoms. The molecule has 1 N–H and O–H groups in total. The third kappa shape index (κ3) is 6.04. The molecule has 1 fully saturated rings. The van der Waals surface area contributed by atoms with E-state index in [1.807, 2.05) is 12.1 Å². The fraction of sp³-hybridized carbons (Fsp3) is 0.409. The quantitative estimate of drug-likeness (QED) is 0.758. The largest absolute Gasteiger partial charge is 0.383 e. The number of methoxy groups -OCH3 is 1. The van der Waals surface area contributed by atoms with Crippen molar-refractivity contribution in [3.63, 3.8) is 0 Å². The summed E-state index contributed by atoms with van der Waals surface area (Å²) in [6.07, 6.45) is 0.967. The van der Waals surface area contributed by atoms with Gasteiger partial charge in [-0.1, -0.05) is 12.1 Å². The Labute approximate surface area is 166 Å². The number of ether oxygens (including phenoxy) is 1. The lowest BCUT2D eigenvalue weighted by molar-refractivity contribution is -0.116. The molecule has 0 aromatic heterocycles. The number of rotatable bonds is 8. The number of nitrogens with one attached hydrogen (secondary N) is 1. The molecule has 1 amide bonds. The highest BCUT2D eigenvalue weighted by Gasteiger charge is 2.16. The first-order chi connectivity index (χ1) is 13.6. The highest BCUT2D eigenvalue weighted by atomic mass is 19.1. The van der Waals surface area contributed by atoms with E-state index < -0.39 is 0 Å². The van der Waals surface area contributed by atoms with E-state index >= 15 is 0 Å². The average Bonchev–Trinajstić information content (AvgIpc) is 2.73. The van der Waals surface area contributed by atoms with E-state index in [1.54, 1.807) is 19.2 Å².